The van der Waals surface area contributed by atoms with Crippen LogP contribution in [0.1, 0.15) is 56.2 Å². The Kier molecular flexibility index (Phi) is 5.92. The lowest BCUT2D eigenvalue weighted by Crippen LogP contribution is -2.39. The molecule has 0 unspecified atom stereocenters. The number of alkyl halides is 3. The molecule has 4 nitrogen and oxygen atoms in total. The molecule has 0 bridgehead atoms. The molecule has 4 rings (SSSR count). The van der Waals surface area contributed by atoms with Crippen LogP contribution in [0.2, 0.25) is 0 Å². The summed E-state index contributed by atoms with van der Waals surface area (Å²) >= 11 is 0. The molecule has 0 fully saturated rings. The third-order valence-electron chi connectivity index (χ3n) is 6.43. The van der Waals surface area contributed by atoms with E-state index in [1.165, 1.54) is 12.1 Å². The number of amides is 1. The average Bonchev–Trinajstić information content (AvgIpc) is 2.71. The lowest BCUT2D eigenvalue weighted by Gasteiger charge is -2.40. The van der Waals surface area contributed by atoms with Crippen LogP contribution in [0.3, 0.4) is 0 Å². The molecule has 1 heterocycles. The van der Waals surface area contributed by atoms with Crippen LogP contribution in [0.15, 0.2) is 71.1 Å². The fourth-order valence-corrected chi connectivity index (χ4v) is 4.93. The van der Waals surface area contributed by atoms with Gasteiger partial charge < -0.3 is 10.6 Å². The predicted octanol–water partition coefficient (Wildman–Crippen LogP) is 6.26. The number of allylic oxidation sites excluding steroid dienone is 3. The van der Waals surface area contributed by atoms with Crippen molar-refractivity contribution in [1.29, 1.82) is 0 Å². The summed E-state index contributed by atoms with van der Waals surface area (Å²) in [6.45, 7) is 7.76. The molecule has 2 N–H and O–H groups in total. The van der Waals surface area contributed by atoms with E-state index in [9.17, 15) is 22.8 Å². The van der Waals surface area contributed by atoms with Crippen molar-refractivity contribution in [2.75, 3.05) is 5.32 Å². The summed E-state index contributed by atoms with van der Waals surface area (Å²) in [5, 5.41) is 5.90. The van der Waals surface area contributed by atoms with Gasteiger partial charge in [0.2, 0.25) is 0 Å². The second-order valence-corrected chi connectivity index (χ2v) is 9.82. The maximum Gasteiger partial charge on any atom is 0.416 e. The number of nitrogens with one attached hydrogen (secondary N) is 2. The zero-order valence-electron chi connectivity index (χ0n) is 19.6. The highest BCUT2D eigenvalue weighted by atomic mass is 19.4. The number of dihydropyridines is 1. The molecular weight excluding hydrogens is 441 g/mol. The zero-order chi connectivity index (χ0) is 24.8. The maximum atomic E-state index is 13.5. The van der Waals surface area contributed by atoms with Crippen molar-refractivity contribution in [3.63, 3.8) is 0 Å². The van der Waals surface area contributed by atoms with Gasteiger partial charge >= 0.3 is 6.18 Å². The number of benzene rings is 2. The Morgan fingerprint density at radius 2 is 1.76 bits per heavy atom. The smallest absolute Gasteiger partial charge is 0.362 e. The Balaban J connectivity index is 1.79. The Morgan fingerprint density at radius 3 is 2.44 bits per heavy atom. The highest BCUT2D eigenvalue weighted by molar-refractivity contribution is 6.10. The molecule has 1 amide bonds. The van der Waals surface area contributed by atoms with Gasteiger partial charge in [-0.3, -0.25) is 9.59 Å². The van der Waals surface area contributed by atoms with Crippen LogP contribution in [0, 0.1) is 12.3 Å². The summed E-state index contributed by atoms with van der Waals surface area (Å²) in [6, 6.07) is 12.1. The van der Waals surface area contributed by atoms with E-state index in [4.69, 9.17) is 0 Å². The van der Waals surface area contributed by atoms with Crippen molar-refractivity contribution in [2.45, 2.75) is 52.6 Å². The molecule has 7 heteroatoms. The van der Waals surface area contributed by atoms with Crippen LogP contribution in [0.25, 0.3) is 0 Å². The van der Waals surface area contributed by atoms with Crippen LogP contribution in [0.4, 0.5) is 18.9 Å². The van der Waals surface area contributed by atoms with Gasteiger partial charge in [0.1, 0.15) is 0 Å². The molecular formula is C27H27F3N2O2. The van der Waals surface area contributed by atoms with Crippen LogP contribution >= 0.6 is 0 Å². The first-order valence-electron chi connectivity index (χ1n) is 11.2. The summed E-state index contributed by atoms with van der Waals surface area (Å²) in [6.07, 6.45) is -3.50. The number of hydrogen-bond donors (Lipinski definition) is 2. The van der Waals surface area contributed by atoms with Crippen molar-refractivity contribution in [2.24, 2.45) is 5.41 Å². The molecule has 0 spiro atoms. The van der Waals surface area contributed by atoms with Gasteiger partial charge in [-0.1, -0.05) is 44.2 Å². The average molecular weight is 469 g/mol. The molecule has 1 aliphatic heterocycles. The molecule has 2 aliphatic rings. The molecule has 2 aromatic carbocycles. The predicted molar refractivity (Wildman–Crippen MR) is 125 cm³/mol. The molecule has 0 radical (unpaired) electrons. The second kappa shape index (κ2) is 8.46. The normalized spacial score (nSPS) is 20.1. The molecule has 178 valence electrons. The summed E-state index contributed by atoms with van der Waals surface area (Å²) in [4.78, 5) is 26.9. The summed E-state index contributed by atoms with van der Waals surface area (Å²) in [7, 11) is 0. The van der Waals surface area contributed by atoms with Crippen LogP contribution in [0.5, 0.6) is 0 Å². The van der Waals surface area contributed by atoms with E-state index < -0.39 is 23.6 Å². The highest BCUT2D eigenvalue weighted by Crippen LogP contribution is 2.47. The third-order valence-corrected chi connectivity index (χ3v) is 6.43. The quantitative estimate of drug-likeness (QED) is 0.559. The van der Waals surface area contributed by atoms with Crippen LogP contribution in [-0.2, 0) is 15.8 Å². The first-order chi connectivity index (χ1) is 15.9. The summed E-state index contributed by atoms with van der Waals surface area (Å²) < 4.78 is 39.5. The van der Waals surface area contributed by atoms with Crippen LogP contribution < -0.4 is 10.6 Å². The summed E-state index contributed by atoms with van der Waals surface area (Å²) in [5.74, 6) is -1.17. The van der Waals surface area contributed by atoms with Crippen LogP contribution in [-0.4, -0.2) is 11.7 Å². The number of halogens is 3. The van der Waals surface area contributed by atoms with E-state index in [-0.39, 0.29) is 16.9 Å². The standard InChI is InChI=1S/C27H27F3N2O2/c1-15-8-5-6-11-19(15)23-22(16(2)31-20-13-26(3,4)14-21(33)24(20)23)25(34)32-18-10-7-9-17(12-18)27(28,29)30/h5-12,23,31H,13-14H2,1-4H3,(H,32,34)/t23-/m0/s1. The fourth-order valence-electron chi connectivity index (χ4n) is 4.93. The van der Waals surface area contributed by atoms with Crippen molar-refractivity contribution >= 4 is 17.4 Å². The minimum atomic E-state index is -4.52. The van der Waals surface area contributed by atoms with Gasteiger partial charge in [0.05, 0.1) is 5.56 Å². The fraction of sp³-hybridized carbons (Fsp3) is 0.333. The minimum Gasteiger partial charge on any atom is -0.362 e. The monoisotopic (exact) mass is 468 g/mol. The van der Waals surface area contributed by atoms with Gasteiger partial charge in [-0.05, 0) is 55.0 Å². The number of aryl methyl sites for hydroxylation is 1. The van der Waals surface area contributed by atoms with Crippen molar-refractivity contribution in [3.8, 4) is 0 Å². The van der Waals surface area contributed by atoms with E-state index in [2.05, 4.69) is 10.6 Å². The number of rotatable bonds is 3. The molecule has 2 aromatic rings. The van der Waals surface area contributed by atoms with Crippen molar-refractivity contribution in [1.82, 2.24) is 5.32 Å². The number of anilines is 1. The third kappa shape index (κ3) is 4.52. The Hall–Kier alpha value is -3.35. The topological polar surface area (TPSA) is 58.2 Å². The maximum absolute atomic E-state index is 13.5. The number of carbonyl (C=O) groups excluding carboxylic acids is 2. The second-order valence-electron chi connectivity index (χ2n) is 9.82. The number of hydrogen-bond acceptors (Lipinski definition) is 3. The molecule has 34 heavy (non-hydrogen) atoms. The Morgan fingerprint density at radius 1 is 1.06 bits per heavy atom. The lowest BCUT2D eigenvalue weighted by atomic mass is 9.68. The van der Waals surface area contributed by atoms with Crippen molar-refractivity contribution in [3.05, 3.63) is 87.8 Å². The summed E-state index contributed by atoms with van der Waals surface area (Å²) in [5.41, 5.74) is 3.03. The molecule has 0 saturated heterocycles. The lowest BCUT2D eigenvalue weighted by molar-refractivity contribution is -0.137. The number of ketones is 1. The van der Waals surface area contributed by atoms with Gasteiger partial charge in [0.25, 0.3) is 5.91 Å². The van der Waals surface area contributed by atoms with Gasteiger partial charge in [0.15, 0.2) is 5.78 Å². The Labute approximate surface area is 196 Å². The first-order valence-corrected chi connectivity index (χ1v) is 11.2. The van der Waals surface area contributed by atoms with E-state index in [1.54, 1.807) is 6.92 Å². The SMILES string of the molecule is CC1=C(C(=O)Nc2cccc(C(F)(F)F)c2)[C@H](c2ccccc2C)C2=C(CC(C)(C)CC2=O)N1. The Bertz CT molecular complexity index is 1240. The van der Waals surface area contributed by atoms with Gasteiger partial charge in [-0.15, -0.1) is 0 Å². The molecule has 1 aliphatic carbocycles. The zero-order valence-corrected chi connectivity index (χ0v) is 19.6. The van der Waals surface area contributed by atoms with Crippen molar-refractivity contribution < 1.29 is 22.8 Å². The first kappa shape index (κ1) is 23.8. The molecule has 1 atom stereocenters. The number of carbonyl (C=O) groups is 2. The van der Waals surface area contributed by atoms with E-state index in [0.717, 1.165) is 29.0 Å². The van der Waals surface area contributed by atoms with Gasteiger partial charge in [0, 0.05) is 40.6 Å². The van der Waals surface area contributed by atoms with E-state index in [1.807, 2.05) is 45.0 Å². The van der Waals surface area contributed by atoms with Gasteiger partial charge in [-0.25, -0.2) is 0 Å². The largest absolute Gasteiger partial charge is 0.416 e. The molecule has 0 aromatic heterocycles. The highest BCUT2D eigenvalue weighted by Gasteiger charge is 2.43. The van der Waals surface area contributed by atoms with Gasteiger partial charge in [-0.2, -0.15) is 13.2 Å². The van der Waals surface area contributed by atoms with E-state index >= 15 is 0 Å². The van der Waals surface area contributed by atoms with E-state index in [0.29, 0.717) is 29.7 Å². The minimum absolute atomic E-state index is 0.0242. The number of Topliss-reactive ketones (excluding diaryl/α,β-unsaturated/α-hetero) is 1. The molecule has 0 saturated carbocycles.